The molecule has 2 aromatic rings. The van der Waals surface area contributed by atoms with E-state index in [0.717, 1.165) is 17.0 Å². The summed E-state index contributed by atoms with van der Waals surface area (Å²) in [5.41, 5.74) is 10.6. The maximum Gasteiger partial charge on any atom is 0.125 e. The van der Waals surface area contributed by atoms with Crippen LogP contribution in [0.1, 0.15) is 24.1 Å². The van der Waals surface area contributed by atoms with Crippen LogP contribution in [0.4, 0.5) is 11.4 Å². The van der Waals surface area contributed by atoms with Crippen molar-refractivity contribution in [3.63, 3.8) is 0 Å². The van der Waals surface area contributed by atoms with Gasteiger partial charge < -0.3 is 15.4 Å². The molecule has 0 aliphatic rings. The van der Waals surface area contributed by atoms with E-state index in [9.17, 15) is 0 Å². The molecule has 0 heterocycles. The van der Waals surface area contributed by atoms with E-state index >= 15 is 0 Å². The summed E-state index contributed by atoms with van der Waals surface area (Å²) in [6, 6.07) is 14.2. The number of ether oxygens (including phenoxy) is 1. The lowest BCUT2D eigenvalue weighted by molar-refractivity contribution is 0.407. The molecule has 2 rings (SSSR count). The van der Waals surface area contributed by atoms with Crippen molar-refractivity contribution < 1.29 is 4.74 Å². The summed E-state index contributed by atoms with van der Waals surface area (Å²) < 4.78 is 5.46. The fourth-order valence-corrected chi connectivity index (χ4v) is 2.53. The van der Waals surface area contributed by atoms with Gasteiger partial charge in [-0.15, -0.1) is 0 Å². The average molecular weight is 270 g/mol. The Labute approximate surface area is 121 Å². The first-order valence-electron chi connectivity index (χ1n) is 6.78. The Balaban J connectivity index is 2.55. The van der Waals surface area contributed by atoms with Gasteiger partial charge in [0.15, 0.2) is 0 Å². The van der Waals surface area contributed by atoms with E-state index in [1.165, 1.54) is 11.3 Å². The molecule has 2 N–H and O–H groups in total. The second kappa shape index (κ2) is 5.97. The van der Waals surface area contributed by atoms with Gasteiger partial charge in [-0.1, -0.05) is 24.3 Å². The van der Waals surface area contributed by atoms with Gasteiger partial charge in [0.05, 0.1) is 7.11 Å². The fourth-order valence-electron chi connectivity index (χ4n) is 2.53. The van der Waals surface area contributed by atoms with Crippen molar-refractivity contribution in [1.82, 2.24) is 0 Å². The average Bonchev–Trinajstić information content (AvgIpc) is 2.46. The summed E-state index contributed by atoms with van der Waals surface area (Å²) in [4.78, 5) is 2.16. The van der Waals surface area contributed by atoms with Crippen LogP contribution in [-0.4, -0.2) is 14.2 Å². The summed E-state index contributed by atoms with van der Waals surface area (Å²) in [7, 11) is 3.74. The topological polar surface area (TPSA) is 38.5 Å². The molecular weight excluding hydrogens is 248 g/mol. The van der Waals surface area contributed by atoms with Gasteiger partial charge >= 0.3 is 0 Å². The van der Waals surface area contributed by atoms with Crippen molar-refractivity contribution in [1.29, 1.82) is 0 Å². The fraction of sp³-hybridized carbons (Fsp3) is 0.294. The molecular formula is C17H22N2O. The third-order valence-corrected chi connectivity index (χ3v) is 3.56. The quantitative estimate of drug-likeness (QED) is 0.918. The van der Waals surface area contributed by atoms with E-state index in [1.807, 2.05) is 31.2 Å². The van der Waals surface area contributed by atoms with Crippen LogP contribution in [-0.2, 0) is 0 Å². The van der Waals surface area contributed by atoms with E-state index in [2.05, 4.69) is 37.1 Å². The van der Waals surface area contributed by atoms with Crippen molar-refractivity contribution in [3.05, 3.63) is 53.6 Å². The summed E-state index contributed by atoms with van der Waals surface area (Å²) in [6.07, 6.45) is 0. The lowest BCUT2D eigenvalue weighted by atomic mass is 10.0. The van der Waals surface area contributed by atoms with Crippen LogP contribution in [0, 0.1) is 6.92 Å². The molecule has 3 heteroatoms. The number of anilines is 2. The van der Waals surface area contributed by atoms with E-state index in [-0.39, 0.29) is 6.04 Å². The minimum absolute atomic E-state index is 0.0902. The Morgan fingerprint density at radius 3 is 2.30 bits per heavy atom. The van der Waals surface area contributed by atoms with Crippen molar-refractivity contribution >= 4 is 11.4 Å². The zero-order valence-electron chi connectivity index (χ0n) is 12.6. The highest BCUT2D eigenvalue weighted by molar-refractivity contribution is 5.71. The van der Waals surface area contributed by atoms with Crippen molar-refractivity contribution in [2.24, 2.45) is 5.73 Å². The number of aryl methyl sites for hydroxylation is 1. The van der Waals surface area contributed by atoms with Gasteiger partial charge in [0.1, 0.15) is 5.75 Å². The second-order valence-electron chi connectivity index (χ2n) is 5.03. The van der Waals surface area contributed by atoms with Crippen molar-refractivity contribution in [2.45, 2.75) is 19.9 Å². The Hall–Kier alpha value is -2.00. The highest BCUT2D eigenvalue weighted by atomic mass is 16.5. The van der Waals surface area contributed by atoms with Gasteiger partial charge in [-0.3, -0.25) is 0 Å². The molecule has 0 spiro atoms. The largest absolute Gasteiger partial charge is 0.496 e. The molecule has 106 valence electrons. The van der Waals surface area contributed by atoms with Crippen LogP contribution in [0.15, 0.2) is 42.5 Å². The van der Waals surface area contributed by atoms with E-state index in [1.54, 1.807) is 7.11 Å². The molecule has 3 nitrogen and oxygen atoms in total. The molecule has 0 bridgehead atoms. The van der Waals surface area contributed by atoms with Gasteiger partial charge in [0, 0.05) is 30.0 Å². The zero-order valence-corrected chi connectivity index (χ0v) is 12.6. The van der Waals surface area contributed by atoms with Crippen LogP contribution in [0.25, 0.3) is 0 Å². The first-order valence-corrected chi connectivity index (χ1v) is 6.78. The summed E-state index contributed by atoms with van der Waals surface area (Å²) >= 11 is 0. The highest BCUT2D eigenvalue weighted by Crippen LogP contribution is 2.37. The van der Waals surface area contributed by atoms with Gasteiger partial charge in [-0.25, -0.2) is 0 Å². The molecule has 0 aliphatic carbocycles. The number of methoxy groups -OCH3 is 1. The van der Waals surface area contributed by atoms with Crippen molar-refractivity contribution in [2.75, 3.05) is 19.1 Å². The van der Waals surface area contributed by atoms with Crippen LogP contribution in [0.3, 0.4) is 0 Å². The van der Waals surface area contributed by atoms with Crippen molar-refractivity contribution in [3.8, 4) is 5.75 Å². The molecule has 0 aliphatic heterocycles. The van der Waals surface area contributed by atoms with E-state index < -0.39 is 0 Å². The van der Waals surface area contributed by atoms with E-state index in [4.69, 9.17) is 10.5 Å². The number of para-hydroxylation sites is 1. The number of hydrogen-bond acceptors (Lipinski definition) is 3. The number of nitrogens with zero attached hydrogens (tertiary/aromatic N) is 1. The van der Waals surface area contributed by atoms with Crippen LogP contribution < -0.4 is 15.4 Å². The molecule has 0 radical (unpaired) electrons. The number of hydrogen-bond donors (Lipinski definition) is 1. The lowest BCUT2D eigenvalue weighted by Gasteiger charge is -2.26. The summed E-state index contributed by atoms with van der Waals surface area (Å²) in [6.45, 7) is 4.09. The minimum atomic E-state index is -0.0902. The lowest BCUT2D eigenvalue weighted by Crippen LogP contribution is -2.17. The summed E-state index contributed by atoms with van der Waals surface area (Å²) in [5, 5.41) is 0. The first kappa shape index (κ1) is 14.4. The first-order chi connectivity index (χ1) is 9.56. The Bertz CT molecular complexity index is 593. The van der Waals surface area contributed by atoms with Gasteiger partial charge in [0.25, 0.3) is 0 Å². The summed E-state index contributed by atoms with van der Waals surface area (Å²) in [5.74, 6) is 0.831. The predicted octanol–water partition coefficient (Wildman–Crippen LogP) is 3.79. The van der Waals surface area contributed by atoms with Gasteiger partial charge in [-0.2, -0.15) is 0 Å². The second-order valence-corrected chi connectivity index (χ2v) is 5.03. The molecule has 2 aromatic carbocycles. The third kappa shape index (κ3) is 2.63. The molecule has 0 unspecified atom stereocenters. The smallest absolute Gasteiger partial charge is 0.125 e. The Kier molecular flexibility index (Phi) is 4.30. The molecule has 1 atom stereocenters. The monoisotopic (exact) mass is 270 g/mol. The molecule has 20 heavy (non-hydrogen) atoms. The molecule has 0 aromatic heterocycles. The van der Waals surface area contributed by atoms with Gasteiger partial charge in [0.2, 0.25) is 0 Å². The van der Waals surface area contributed by atoms with Gasteiger partial charge in [-0.05, 0) is 37.6 Å². The Morgan fingerprint density at radius 1 is 1.05 bits per heavy atom. The molecule has 0 saturated carbocycles. The predicted molar refractivity (Wildman–Crippen MR) is 84.8 cm³/mol. The SMILES string of the molecule is COc1cccc(N(C)c2ccccc2C)c1[C@H](C)N. The maximum absolute atomic E-state index is 6.14. The van der Waals surface area contributed by atoms with Crippen LogP contribution >= 0.6 is 0 Å². The minimum Gasteiger partial charge on any atom is -0.496 e. The van der Waals surface area contributed by atoms with Crippen LogP contribution in [0.2, 0.25) is 0 Å². The molecule has 0 fully saturated rings. The third-order valence-electron chi connectivity index (χ3n) is 3.56. The number of nitrogens with two attached hydrogens (primary N) is 1. The molecule has 0 saturated heterocycles. The Morgan fingerprint density at radius 2 is 1.70 bits per heavy atom. The van der Waals surface area contributed by atoms with E-state index in [0.29, 0.717) is 0 Å². The number of benzene rings is 2. The number of rotatable bonds is 4. The highest BCUT2D eigenvalue weighted by Gasteiger charge is 2.17. The molecule has 0 amide bonds. The standard InChI is InChI=1S/C17H22N2O/c1-12-8-5-6-9-14(12)19(3)15-10-7-11-16(20-4)17(15)13(2)18/h5-11,13H,18H2,1-4H3/t13-/m0/s1. The zero-order chi connectivity index (χ0) is 14.7. The van der Waals surface area contributed by atoms with Crippen LogP contribution in [0.5, 0.6) is 5.75 Å². The normalized spacial score (nSPS) is 12.1. The maximum atomic E-state index is 6.14.